The first-order chi connectivity index (χ1) is 21.1. The molecule has 2 aliphatic heterocycles. The molecular formula is C33H29ClF3N3O3S. The van der Waals surface area contributed by atoms with E-state index >= 15 is 0 Å². The second kappa shape index (κ2) is 11.9. The molecule has 0 unspecified atom stereocenters. The van der Waals surface area contributed by atoms with Crippen molar-refractivity contribution in [2.45, 2.75) is 55.8 Å². The van der Waals surface area contributed by atoms with E-state index in [9.17, 15) is 22.8 Å². The molecule has 228 valence electrons. The number of fused-ring (bicyclic) bond motifs is 3. The van der Waals surface area contributed by atoms with Crippen molar-refractivity contribution in [2.75, 3.05) is 11.7 Å². The van der Waals surface area contributed by atoms with E-state index in [4.69, 9.17) is 16.3 Å². The number of carbonyl (C=O) groups excluding carboxylic acids is 1. The van der Waals surface area contributed by atoms with Gasteiger partial charge in [0.25, 0.3) is 5.91 Å². The molecule has 2 aliphatic rings. The summed E-state index contributed by atoms with van der Waals surface area (Å²) < 4.78 is 50.4. The maximum absolute atomic E-state index is 14.3. The standard InChI is InChI=1S/C33H29ClF3N3O3S/c1-3-22-16-39-29(31(30(22)41)43-17-21-10-5-4-6-11-21)32(42)38(20(2)33(35,36)37)19-40(39)28-24-13-7-8-15-26(24)44-18-23-12-9-14-25(34)27(23)28/h4-16,20,28H,3,17-19H2,1-2H3/t20-,28-/m1/s1. The van der Waals surface area contributed by atoms with Crippen molar-refractivity contribution in [1.82, 2.24) is 9.58 Å². The van der Waals surface area contributed by atoms with Gasteiger partial charge in [-0.1, -0.05) is 79.2 Å². The Morgan fingerprint density at radius 2 is 1.75 bits per heavy atom. The van der Waals surface area contributed by atoms with Gasteiger partial charge in [0.1, 0.15) is 25.4 Å². The third-order valence-corrected chi connectivity index (χ3v) is 9.58. The third kappa shape index (κ3) is 5.34. The topological polar surface area (TPSA) is 54.8 Å². The first-order valence-electron chi connectivity index (χ1n) is 14.2. The van der Waals surface area contributed by atoms with Crippen molar-refractivity contribution >= 4 is 29.3 Å². The van der Waals surface area contributed by atoms with Crippen LogP contribution in [-0.4, -0.2) is 34.4 Å². The Hall–Kier alpha value is -3.89. The fourth-order valence-corrected chi connectivity index (χ4v) is 7.10. The molecule has 0 aliphatic carbocycles. The summed E-state index contributed by atoms with van der Waals surface area (Å²) in [7, 11) is 0. The molecule has 0 fully saturated rings. The number of ether oxygens (including phenoxy) is 1. The van der Waals surface area contributed by atoms with Crippen LogP contribution in [0.2, 0.25) is 5.02 Å². The van der Waals surface area contributed by atoms with Gasteiger partial charge in [0.2, 0.25) is 5.43 Å². The average molecular weight is 640 g/mol. The largest absolute Gasteiger partial charge is 0.482 e. The summed E-state index contributed by atoms with van der Waals surface area (Å²) >= 11 is 8.49. The number of hydrogen-bond donors (Lipinski definition) is 0. The van der Waals surface area contributed by atoms with Gasteiger partial charge in [0.05, 0.1) is 0 Å². The molecule has 0 radical (unpaired) electrons. The first-order valence-corrected chi connectivity index (χ1v) is 15.5. The minimum Gasteiger partial charge on any atom is -0.482 e. The minimum absolute atomic E-state index is 0.0457. The van der Waals surface area contributed by atoms with Crippen LogP contribution in [0.25, 0.3) is 0 Å². The Bertz CT molecular complexity index is 1780. The molecule has 1 aromatic heterocycles. The number of aromatic nitrogens is 1. The average Bonchev–Trinajstić information content (AvgIpc) is 3.18. The molecule has 44 heavy (non-hydrogen) atoms. The van der Waals surface area contributed by atoms with Gasteiger partial charge in [0.15, 0.2) is 11.4 Å². The molecule has 3 heterocycles. The second-order valence-corrected chi connectivity index (χ2v) is 12.2. The van der Waals surface area contributed by atoms with E-state index < -0.39 is 36.3 Å². The van der Waals surface area contributed by atoms with E-state index in [1.807, 2.05) is 54.6 Å². The van der Waals surface area contributed by atoms with Crippen molar-refractivity contribution < 1.29 is 22.7 Å². The van der Waals surface area contributed by atoms with Gasteiger partial charge in [0, 0.05) is 33.0 Å². The molecule has 6 rings (SSSR count). The molecule has 0 saturated carbocycles. The highest BCUT2D eigenvalue weighted by Crippen LogP contribution is 2.46. The highest BCUT2D eigenvalue weighted by atomic mass is 35.5. The number of nitrogens with zero attached hydrogens (tertiary/aromatic N) is 3. The Morgan fingerprint density at radius 1 is 1.02 bits per heavy atom. The number of pyridine rings is 1. The van der Waals surface area contributed by atoms with Crippen LogP contribution in [0.1, 0.15) is 58.2 Å². The van der Waals surface area contributed by atoms with Crippen molar-refractivity contribution in [1.29, 1.82) is 0 Å². The molecule has 1 amide bonds. The third-order valence-electron chi connectivity index (χ3n) is 8.12. The van der Waals surface area contributed by atoms with Gasteiger partial charge in [-0.25, -0.2) is 0 Å². The normalized spacial score (nSPS) is 17.0. The van der Waals surface area contributed by atoms with Gasteiger partial charge < -0.3 is 9.64 Å². The maximum Gasteiger partial charge on any atom is 0.408 e. The van der Waals surface area contributed by atoms with Gasteiger partial charge >= 0.3 is 6.18 Å². The SMILES string of the molecule is CCc1cn2c(c(OCc3ccccc3)c1=O)C(=O)N([C@H](C)C(F)(F)F)CN2[C@@H]1c2ccccc2SCc2cccc(Cl)c21. The quantitative estimate of drug-likeness (QED) is 0.221. The molecule has 0 N–H and O–H groups in total. The lowest BCUT2D eigenvalue weighted by molar-refractivity contribution is -0.173. The predicted molar refractivity (Wildman–Crippen MR) is 165 cm³/mol. The van der Waals surface area contributed by atoms with Crippen LogP contribution in [0, 0.1) is 0 Å². The molecule has 0 bridgehead atoms. The fourth-order valence-electron chi connectivity index (χ4n) is 5.72. The van der Waals surface area contributed by atoms with Gasteiger partial charge in [-0.05, 0) is 42.2 Å². The van der Waals surface area contributed by atoms with E-state index in [0.29, 0.717) is 22.8 Å². The van der Waals surface area contributed by atoms with Crippen molar-refractivity contribution in [2.24, 2.45) is 0 Å². The number of amides is 1. The first kappa shape index (κ1) is 30.1. The van der Waals surface area contributed by atoms with E-state index in [2.05, 4.69) is 0 Å². The Kier molecular flexibility index (Phi) is 8.15. The predicted octanol–water partition coefficient (Wildman–Crippen LogP) is 7.34. The summed E-state index contributed by atoms with van der Waals surface area (Å²) in [6.45, 7) is 2.30. The highest BCUT2D eigenvalue weighted by Gasteiger charge is 2.48. The minimum atomic E-state index is -4.72. The van der Waals surface area contributed by atoms with Gasteiger partial charge in [-0.2, -0.15) is 13.2 Å². The summed E-state index contributed by atoms with van der Waals surface area (Å²) in [6, 6.07) is 19.5. The molecule has 4 aromatic rings. The molecular weight excluding hydrogens is 611 g/mol. The second-order valence-electron chi connectivity index (χ2n) is 10.7. The number of thioether (sulfide) groups is 1. The smallest absolute Gasteiger partial charge is 0.408 e. The zero-order valence-corrected chi connectivity index (χ0v) is 25.5. The Balaban J connectivity index is 1.62. The van der Waals surface area contributed by atoms with Crippen LogP contribution in [0.15, 0.2) is 88.7 Å². The lowest BCUT2D eigenvalue weighted by atomic mass is 9.94. The highest BCUT2D eigenvalue weighted by molar-refractivity contribution is 7.98. The Labute approximate surface area is 262 Å². The molecule has 0 saturated heterocycles. The zero-order valence-electron chi connectivity index (χ0n) is 24.0. The summed E-state index contributed by atoms with van der Waals surface area (Å²) in [5.74, 6) is -0.621. The number of benzene rings is 3. The summed E-state index contributed by atoms with van der Waals surface area (Å²) in [5.41, 5.74) is 2.80. The molecule has 0 spiro atoms. The summed E-state index contributed by atoms with van der Waals surface area (Å²) in [6.07, 6.45) is -2.84. The monoisotopic (exact) mass is 639 g/mol. The van der Waals surface area contributed by atoms with E-state index in [0.717, 1.165) is 39.0 Å². The fraction of sp³-hybridized carbons (Fsp3) is 0.273. The molecule has 11 heteroatoms. The van der Waals surface area contributed by atoms with Gasteiger partial charge in [-0.15, -0.1) is 11.8 Å². The maximum atomic E-state index is 14.3. The zero-order chi connectivity index (χ0) is 31.2. The van der Waals surface area contributed by atoms with Crippen molar-refractivity contribution in [3.63, 3.8) is 0 Å². The van der Waals surface area contributed by atoms with Crippen molar-refractivity contribution in [3.05, 3.63) is 128 Å². The molecule has 6 nitrogen and oxygen atoms in total. The van der Waals surface area contributed by atoms with Crippen LogP contribution >= 0.6 is 23.4 Å². The van der Waals surface area contributed by atoms with Crippen LogP contribution in [-0.2, 0) is 18.8 Å². The van der Waals surface area contributed by atoms with Crippen LogP contribution in [0.5, 0.6) is 5.75 Å². The number of alkyl halides is 3. The summed E-state index contributed by atoms with van der Waals surface area (Å²) in [5, 5.41) is 2.15. The number of halogens is 4. The van der Waals surface area contributed by atoms with Crippen LogP contribution in [0.3, 0.4) is 0 Å². The van der Waals surface area contributed by atoms with E-state index in [1.165, 1.54) is 4.68 Å². The summed E-state index contributed by atoms with van der Waals surface area (Å²) in [4.78, 5) is 29.5. The Morgan fingerprint density at radius 3 is 2.48 bits per heavy atom. The number of aryl methyl sites for hydroxylation is 1. The molecule has 3 aromatic carbocycles. The molecule has 2 atom stereocenters. The lowest BCUT2D eigenvalue weighted by Crippen LogP contribution is -2.60. The number of rotatable bonds is 6. The van der Waals surface area contributed by atoms with E-state index in [-0.39, 0.29) is 18.1 Å². The van der Waals surface area contributed by atoms with Crippen LogP contribution in [0.4, 0.5) is 13.2 Å². The van der Waals surface area contributed by atoms with Gasteiger partial charge in [-0.3, -0.25) is 19.3 Å². The van der Waals surface area contributed by atoms with E-state index in [1.54, 1.807) is 48.1 Å². The number of hydrogen-bond acceptors (Lipinski definition) is 5. The number of carbonyl (C=O) groups is 1. The van der Waals surface area contributed by atoms with Crippen LogP contribution < -0.4 is 15.2 Å². The lowest BCUT2D eigenvalue weighted by Gasteiger charge is -2.46. The van der Waals surface area contributed by atoms with Crippen molar-refractivity contribution in [3.8, 4) is 5.75 Å².